The highest BCUT2D eigenvalue weighted by Crippen LogP contribution is 2.23. The maximum absolute atomic E-state index is 5.39. The summed E-state index contributed by atoms with van der Waals surface area (Å²) >= 11 is 0. The molecule has 0 saturated carbocycles. The molecule has 2 heterocycles. The van der Waals surface area contributed by atoms with Crippen LogP contribution in [0, 0.1) is 5.92 Å². The van der Waals surface area contributed by atoms with E-state index in [0.717, 1.165) is 54.6 Å². The standard InChI is InChI=1S/C17H22N2O2/c1-20-16-4-2-3-14-5-6-15(19-17(14)16)11-18-9-7-13-8-10-21-12-13/h2-6,13,18H,7-12H2,1H3. The van der Waals surface area contributed by atoms with Crippen LogP contribution >= 0.6 is 0 Å². The van der Waals surface area contributed by atoms with Gasteiger partial charge in [-0.3, -0.25) is 0 Å². The van der Waals surface area contributed by atoms with Crippen molar-refractivity contribution in [2.45, 2.75) is 19.4 Å². The Labute approximate surface area is 125 Å². The minimum atomic E-state index is 0.724. The number of nitrogens with one attached hydrogen (secondary N) is 1. The molecule has 1 aliphatic heterocycles. The summed E-state index contributed by atoms with van der Waals surface area (Å²) in [5.41, 5.74) is 1.98. The van der Waals surface area contributed by atoms with Gasteiger partial charge in [-0.05, 0) is 37.4 Å². The molecule has 21 heavy (non-hydrogen) atoms. The smallest absolute Gasteiger partial charge is 0.145 e. The summed E-state index contributed by atoms with van der Waals surface area (Å²) in [4.78, 5) is 4.70. The molecule has 1 aromatic heterocycles. The van der Waals surface area contributed by atoms with Crippen LogP contribution in [0.1, 0.15) is 18.5 Å². The van der Waals surface area contributed by atoms with Gasteiger partial charge in [0, 0.05) is 25.1 Å². The number of pyridine rings is 1. The van der Waals surface area contributed by atoms with E-state index in [9.17, 15) is 0 Å². The van der Waals surface area contributed by atoms with Gasteiger partial charge in [-0.1, -0.05) is 18.2 Å². The Balaban J connectivity index is 1.58. The number of aromatic nitrogens is 1. The number of hydrogen-bond donors (Lipinski definition) is 1. The lowest BCUT2D eigenvalue weighted by atomic mass is 10.1. The molecule has 4 heteroatoms. The van der Waals surface area contributed by atoms with Crippen LogP contribution in [-0.2, 0) is 11.3 Å². The molecule has 0 bridgehead atoms. The molecule has 1 N–H and O–H groups in total. The van der Waals surface area contributed by atoms with Crippen LogP contribution in [0.15, 0.2) is 30.3 Å². The van der Waals surface area contributed by atoms with Crippen LogP contribution in [0.2, 0.25) is 0 Å². The predicted octanol–water partition coefficient (Wildman–Crippen LogP) is 2.76. The fourth-order valence-corrected chi connectivity index (χ4v) is 2.76. The first-order valence-corrected chi connectivity index (χ1v) is 7.58. The number of rotatable bonds is 6. The van der Waals surface area contributed by atoms with Gasteiger partial charge in [-0.25, -0.2) is 4.98 Å². The van der Waals surface area contributed by atoms with Crippen LogP contribution in [0.5, 0.6) is 5.75 Å². The molecule has 1 saturated heterocycles. The third-order valence-corrected chi connectivity index (χ3v) is 4.02. The minimum Gasteiger partial charge on any atom is -0.494 e. The van der Waals surface area contributed by atoms with Crippen molar-refractivity contribution in [1.29, 1.82) is 0 Å². The van der Waals surface area contributed by atoms with Crippen molar-refractivity contribution in [1.82, 2.24) is 10.3 Å². The number of methoxy groups -OCH3 is 1. The normalized spacial score (nSPS) is 18.2. The van der Waals surface area contributed by atoms with Gasteiger partial charge in [0.25, 0.3) is 0 Å². The van der Waals surface area contributed by atoms with Crippen LogP contribution in [0.4, 0.5) is 0 Å². The van der Waals surface area contributed by atoms with Crippen molar-refractivity contribution in [2.24, 2.45) is 5.92 Å². The monoisotopic (exact) mass is 286 g/mol. The molecular weight excluding hydrogens is 264 g/mol. The molecule has 4 nitrogen and oxygen atoms in total. The average molecular weight is 286 g/mol. The van der Waals surface area contributed by atoms with E-state index in [2.05, 4.69) is 23.5 Å². The van der Waals surface area contributed by atoms with E-state index < -0.39 is 0 Å². The summed E-state index contributed by atoms with van der Waals surface area (Å²) < 4.78 is 10.8. The molecule has 1 unspecified atom stereocenters. The second kappa shape index (κ2) is 6.87. The van der Waals surface area contributed by atoms with Crippen LogP contribution in [0.25, 0.3) is 10.9 Å². The van der Waals surface area contributed by atoms with Gasteiger partial charge in [0.1, 0.15) is 11.3 Å². The van der Waals surface area contributed by atoms with Gasteiger partial charge in [0.2, 0.25) is 0 Å². The molecule has 112 valence electrons. The minimum absolute atomic E-state index is 0.724. The van der Waals surface area contributed by atoms with E-state index in [1.807, 2.05) is 12.1 Å². The van der Waals surface area contributed by atoms with E-state index in [1.165, 1.54) is 12.8 Å². The second-order valence-electron chi connectivity index (χ2n) is 5.53. The molecule has 2 aromatic rings. The zero-order chi connectivity index (χ0) is 14.5. The Kier molecular flexibility index (Phi) is 4.68. The Morgan fingerprint density at radius 3 is 3.10 bits per heavy atom. The quantitative estimate of drug-likeness (QED) is 0.829. The summed E-state index contributed by atoms with van der Waals surface area (Å²) in [6.07, 6.45) is 2.38. The van der Waals surface area contributed by atoms with Crippen LogP contribution in [0.3, 0.4) is 0 Å². The summed E-state index contributed by atoms with van der Waals surface area (Å²) in [5, 5.41) is 4.58. The first-order chi connectivity index (χ1) is 10.4. The summed E-state index contributed by atoms with van der Waals surface area (Å²) in [6, 6.07) is 10.2. The largest absolute Gasteiger partial charge is 0.494 e. The number of benzene rings is 1. The Hall–Kier alpha value is -1.65. The van der Waals surface area contributed by atoms with Crippen LogP contribution < -0.4 is 10.1 Å². The van der Waals surface area contributed by atoms with Crippen molar-refractivity contribution in [3.8, 4) is 5.75 Å². The lowest BCUT2D eigenvalue weighted by molar-refractivity contribution is 0.184. The number of para-hydroxylation sites is 1. The Morgan fingerprint density at radius 1 is 1.33 bits per heavy atom. The molecule has 3 rings (SSSR count). The van der Waals surface area contributed by atoms with Crippen molar-refractivity contribution in [3.63, 3.8) is 0 Å². The fraction of sp³-hybridized carbons (Fsp3) is 0.471. The van der Waals surface area contributed by atoms with Gasteiger partial charge in [-0.15, -0.1) is 0 Å². The second-order valence-corrected chi connectivity index (χ2v) is 5.53. The molecule has 0 spiro atoms. The zero-order valence-electron chi connectivity index (χ0n) is 12.5. The maximum Gasteiger partial charge on any atom is 0.145 e. The highest BCUT2D eigenvalue weighted by Gasteiger charge is 2.14. The van der Waals surface area contributed by atoms with Gasteiger partial charge in [0.15, 0.2) is 0 Å². The SMILES string of the molecule is COc1cccc2ccc(CNCCC3CCOC3)nc12. The number of fused-ring (bicyclic) bond motifs is 1. The van der Waals surface area contributed by atoms with Gasteiger partial charge in [-0.2, -0.15) is 0 Å². The fourth-order valence-electron chi connectivity index (χ4n) is 2.76. The van der Waals surface area contributed by atoms with Gasteiger partial charge < -0.3 is 14.8 Å². The highest BCUT2D eigenvalue weighted by molar-refractivity contribution is 5.84. The van der Waals surface area contributed by atoms with Crippen molar-refractivity contribution >= 4 is 10.9 Å². The molecule has 0 radical (unpaired) electrons. The van der Waals surface area contributed by atoms with E-state index in [4.69, 9.17) is 14.5 Å². The van der Waals surface area contributed by atoms with Crippen molar-refractivity contribution < 1.29 is 9.47 Å². The predicted molar refractivity (Wildman–Crippen MR) is 83.5 cm³/mol. The van der Waals surface area contributed by atoms with E-state index >= 15 is 0 Å². The van der Waals surface area contributed by atoms with E-state index in [-0.39, 0.29) is 0 Å². The summed E-state index contributed by atoms with van der Waals surface area (Å²) in [6.45, 7) is 3.66. The Bertz CT molecular complexity index is 594. The molecule has 0 aliphatic carbocycles. The molecule has 1 aromatic carbocycles. The van der Waals surface area contributed by atoms with Crippen molar-refractivity contribution in [2.75, 3.05) is 26.9 Å². The van der Waals surface area contributed by atoms with Gasteiger partial charge in [0.05, 0.1) is 12.8 Å². The lowest BCUT2D eigenvalue weighted by Gasteiger charge is -2.10. The number of hydrogen-bond acceptors (Lipinski definition) is 4. The molecule has 1 aliphatic rings. The zero-order valence-corrected chi connectivity index (χ0v) is 12.5. The molecule has 1 atom stereocenters. The summed E-state index contributed by atoms with van der Waals surface area (Å²) in [5.74, 6) is 1.56. The third kappa shape index (κ3) is 3.52. The topological polar surface area (TPSA) is 43.4 Å². The number of nitrogens with zero attached hydrogens (tertiary/aromatic N) is 1. The van der Waals surface area contributed by atoms with Crippen molar-refractivity contribution in [3.05, 3.63) is 36.0 Å². The van der Waals surface area contributed by atoms with Crippen LogP contribution in [-0.4, -0.2) is 31.9 Å². The molecule has 1 fully saturated rings. The third-order valence-electron chi connectivity index (χ3n) is 4.02. The van der Waals surface area contributed by atoms with E-state index in [1.54, 1.807) is 7.11 Å². The van der Waals surface area contributed by atoms with Gasteiger partial charge >= 0.3 is 0 Å². The number of ether oxygens (including phenoxy) is 2. The molecular formula is C17H22N2O2. The lowest BCUT2D eigenvalue weighted by Crippen LogP contribution is -2.18. The maximum atomic E-state index is 5.39. The first-order valence-electron chi connectivity index (χ1n) is 7.58. The summed E-state index contributed by atoms with van der Waals surface area (Å²) in [7, 11) is 1.69. The van der Waals surface area contributed by atoms with E-state index in [0.29, 0.717) is 0 Å². The average Bonchev–Trinajstić information content (AvgIpc) is 3.04. The Morgan fingerprint density at radius 2 is 2.29 bits per heavy atom. The highest BCUT2D eigenvalue weighted by atomic mass is 16.5. The molecule has 0 amide bonds. The first kappa shape index (κ1) is 14.3.